The highest BCUT2D eigenvalue weighted by molar-refractivity contribution is 7.08. The normalized spacial score (nSPS) is 11.4. The van der Waals surface area contributed by atoms with Crippen LogP contribution >= 0.6 is 11.3 Å². The van der Waals surface area contributed by atoms with E-state index >= 15 is 0 Å². The second-order valence-corrected chi connectivity index (χ2v) is 5.65. The molecule has 20 heavy (non-hydrogen) atoms. The number of nitrogens with two attached hydrogens (primary N) is 1. The fraction of sp³-hybridized carbons (Fsp3) is 0.0625. The lowest BCUT2D eigenvalue weighted by molar-refractivity contribution is 1.21. The molecule has 4 heteroatoms. The lowest BCUT2D eigenvalue weighted by Gasteiger charge is -2.01. The molecule has 0 saturated heterocycles. The van der Waals surface area contributed by atoms with Gasteiger partial charge in [0.05, 0.1) is 0 Å². The zero-order chi connectivity index (χ0) is 13.7. The summed E-state index contributed by atoms with van der Waals surface area (Å²) in [5.74, 6) is 0.701. The Labute approximate surface area is 120 Å². The maximum absolute atomic E-state index is 6.30. The first-order valence-corrected chi connectivity index (χ1v) is 7.38. The summed E-state index contributed by atoms with van der Waals surface area (Å²) < 4.78 is 1.97. The van der Waals surface area contributed by atoms with E-state index in [4.69, 9.17) is 10.7 Å². The molecule has 0 fully saturated rings. The minimum Gasteiger partial charge on any atom is -0.383 e. The smallest absolute Gasteiger partial charge is 0.147 e. The molecule has 0 unspecified atom stereocenters. The highest BCUT2D eigenvalue weighted by Gasteiger charge is 2.15. The van der Waals surface area contributed by atoms with Gasteiger partial charge in [0, 0.05) is 22.5 Å². The number of pyridine rings is 1. The highest BCUT2D eigenvalue weighted by Crippen LogP contribution is 2.33. The molecule has 0 aliphatic rings. The second-order valence-electron chi connectivity index (χ2n) is 4.91. The summed E-state index contributed by atoms with van der Waals surface area (Å²) in [4.78, 5) is 4.79. The summed E-state index contributed by atoms with van der Waals surface area (Å²) in [5, 5.41) is 6.53. The van der Waals surface area contributed by atoms with Crippen LogP contribution in [0.5, 0.6) is 0 Å². The number of hydrogen-bond donors (Lipinski definition) is 1. The summed E-state index contributed by atoms with van der Waals surface area (Å²) in [6.45, 7) is 2.09. The standard InChI is InChI=1S/C16H13N3S/c1-10-8-20-9-13(10)14-15(17)19-7-6-11-4-2-3-5-12(11)16(19)18-14/h2-9H,17H2,1H3. The van der Waals surface area contributed by atoms with Crippen LogP contribution in [0.1, 0.15) is 5.56 Å². The van der Waals surface area contributed by atoms with Crippen molar-refractivity contribution in [2.45, 2.75) is 6.92 Å². The number of aromatic nitrogens is 2. The van der Waals surface area contributed by atoms with E-state index in [9.17, 15) is 0 Å². The first-order chi connectivity index (χ1) is 9.75. The van der Waals surface area contributed by atoms with Crippen molar-refractivity contribution in [3.05, 3.63) is 52.9 Å². The van der Waals surface area contributed by atoms with Crippen molar-refractivity contribution in [2.24, 2.45) is 0 Å². The van der Waals surface area contributed by atoms with E-state index in [2.05, 4.69) is 35.9 Å². The Morgan fingerprint density at radius 2 is 2.00 bits per heavy atom. The molecule has 0 bridgehead atoms. The molecule has 0 atom stereocenters. The summed E-state index contributed by atoms with van der Waals surface area (Å²) in [7, 11) is 0. The summed E-state index contributed by atoms with van der Waals surface area (Å²) in [5.41, 5.74) is 10.4. The number of nitrogens with zero attached hydrogens (tertiary/aromatic N) is 2. The topological polar surface area (TPSA) is 43.3 Å². The summed E-state index contributed by atoms with van der Waals surface area (Å²) >= 11 is 1.68. The molecule has 3 aromatic heterocycles. The fourth-order valence-electron chi connectivity index (χ4n) is 2.59. The molecule has 0 radical (unpaired) electrons. The van der Waals surface area contributed by atoms with E-state index in [1.807, 2.05) is 22.7 Å². The number of fused-ring (bicyclic) bond motifs is 3. The van der Waals surface area contributed by atoms with Gasteiger partial charge in [-0.25, -0.2) is 4.98 Å². The van der Waals surface area contributed by atoms with Crippen molar-refractivity contribution in [3.63, 3.8) is 0 Å². The lowest BCUT2D eigenvalue weighted by atomic mass is 10.1. The number of nitrogen functional groups attached to an aromatic ring is 1. The quantitative estimate of drug-likeness (QED) is 0.570. The molecule has 0 aliphatic heterocycles. The average molecular weight is 279 g/mol. The second kappa shape index (κ2) is 4.08. The van der Waals surface area contributed by atoms with Crippen LogP contribution in [0.15, 0.2) is 47.3 Å². The van der Waals surface area contributed by atoms with Crippen molar-refractivity contribution in [1.29, 1.82) is 0 Å². The van der Waals surface area contributed by atoms with Crippen LogP contribution in [-0.4, -0.2) is 9.38 Å². The molecule has 0 saturated carbocycles. The van der Waals surface area contributed by atoms with Gasteiger partial charge < -0.3 is 5.73 Å². The maximum atomic E-state index is 6.30. The molecule has 3 nitrogen and oxygen atoms in total. The van der Waals surface area contributed by atoms with Gasteiger partial charge in [-0.05, 0) is 29.3 Å². The van der Waals surface area contributed by atoms with Gasteiger partial charge >= 0.3 is 0 Å². The van der Waals surface area contributed by atoms with Crippen LogP contribution in [0.3, 0.4) is 0 Å². The molecule has 98 valence electrons. The third kappa shape index (κ3) is 1.48. The molecule has 3 heterocycles. The number of anilines is 1. The van der Waals surface area contributed by atoms with Crippen LogP contribution in [0.2, 0.25) is 0 Å². The van der Waals surface area contributed by atoms with E-state index < -0.39 is 0 Å². The van der Waals surface area contributed by atoms with Crippen molar-refractivity contribution in [3.8, 4) is 11.3 Å². The number of benzene rings is 1. The van der Waals surface area contributed by atoms with Crippen LogP contribution < -0.4 is 5.73 Å². The number of hydrogen-bond acceptors (Lipinski definition) is 3. The van der Waals surface area contributed by atoms with Crippen LogP contribution in [0, 0.1) is 6.92 Å². The van der Waals surface area contributed by atoms with E-state index in [0.29, 0.717) is 5.82 Å². The number of aryl methyl sites for hydroxylation is 1. The number of thiophene rings is 1. The highest BCUT2D eigenvalue weighted by atomic mass is 32.1. The van der Waals surface area contributed by atoms with E-state index in [1.165, 1.54) is 10.9 Å². The zero-order valence-corrected chi connectivity index (χ0v) is 11.8. The Kier molecular flexibility index (Phi) is 2.35. The monoisotopic (exact) mass is 279 g/mol. The molecule has 4 aromatic rings. The molecule has 2 N–H and O–H groups in total. The lowest BCUT2D eigenvalue weighted by Crippen LogP contribution is -1.94. The molecule has 0 spiro atoms. The third-order valence-corrected chi connectivity index (χ3v) is 4.52. The minimum absolute atomic E-state index is 0.701. The predicted octanol–water partition coefficient (Wildman–Crippen LogP) is 4.11. The average Bonchev–Trinajstić information content (AvgIpc) is 3.03. The van der Waals surface area contributed by atoms with Gasteiger partial charge in [0.25, 0.3) is 0 Å². The summed E-state index contributed by atoms with van der Waals surface area (Å²) in [6, 6.07) is 10.3. The van der Waals surface area contributed by atoms with Crippen LogP contribution in [0.25, 0.3) is 27.7 Å². The Morgan fingerprint density at radius 3 is 2.80 bits per heavy atom. The van der Waals surface area contributed by atoms with Crippen molar-refractivity contribution in [2.75, 3.05) is 5.73 Å². The van der Waals surface area contributed by atoms with E-state index in [-0.39, 0.29) is 0 Å². The van der Waals surface area contributed by atoms with E-state index in [0.717, 1.165) is 22.3 Å². The molecule has 0 amide bonds. The fourth-order valence-corrected chi connectivity index (χ4v) is 3.42. The van der Waals surface area contributed by atoms with Gasteiger partial charge in [-0.1, -0.05) is 24.3 Å². The molecule has 0 aliphatic carbocycles. The van der Waals surface area contributed by atoms with Gasteiger partial charge in [-0.2, -0.15) is 11.3 Å². The number of imidazole rings is 1. The predicted molar refractivity (Wildman–Crippen MR) is 85.2 cm³/mol. The van der Waals surface area contributed by atoms with E-state index in [1.54, 1.807) is 11.3 Å². The molecule has 1 aromatic carbocycles. The van der Waals surface area contributed by atoms with Gasteiger partial charge in [0.2, 0.25) is 0 Å². The van der Waals surface area contributed by atoms with Crippen LogP contribution in [-0.2, 0) is 0 Å². The Balaban J connectivity index is 2.13. The number of rotatable bonds is 1. The Hall–Kier alpha value is -2.33. The SMILES string of the molecule is Cc1cscc1-c1nc2c3ccccc3ccn2c1N. The summed E-state index contributed by atoms with van der Waals surface area (Å²) in [6.07, 6.45) is 1.99. The Bertz CT molecular complexity index is 933. The van der Waals surface area contributed by atoms with Gasteiger partial charge in [0.15, 0.2) is 0 Å². The Morgan fingerprint density at radius 1 is 1.15 bits per heavy atom. The first kappa shape index (κ1) is 11.5. The molecular weight excluding hydrogens is 266 g/mol. The van der Waals surface area contributed by atoms with Gasteiger partial charge in [-0.3, -0.25) is 4.40 Å². The van der Waals surface area contributed by atoms with Gasteiger partial charge in [-0.15, -0.1) is 0 Å². The molecular formula is C16H13N3S. The zero-order valence-electron chi connectivity index (χ0n) is 11.0. The minimum atomic E-state index is 0.701. The maximum Gasteiger partial charge on any atom is 0.147 e. The largest absolute Gasteiger partial charge is 0.383 e. The third-order valence-electron chi connectivity index (χ3n) is 3.66. The van der Waals surface area contributed by atoms with Gasteiger partial charge in [0.1, 0.15) is 17.2 Å². The first-order valence-electron chi connectivity index (χ1n) is 6.44. The molecule has 4 rings (SSSR count). The van der Waals surface area contributed by atoms with Crippen molar-refractivity contribution in [1.82, 2.24) is 9.38 Å². The van der Waals surface area contributed by atoms with Crippen molar-refractivity contribution >= 4 is 33.6 Å². The van der Waals surface area contributed by atoms with Crippen molar-refractivity contribution < 1.29 is 0 Å². The van der Waals surface area contributed by atoms with Crippen LogP contribution in [0.4, 0.5) is 5.82 Å².